The molecule has 0 aliphatic rings. The third-order valence-corrected chi connectivity index (χ3v) is 6.83. The van der Waals surface area contributed by atoms with Gasteiger partial charge in [0.15, 0.2) is 17.3 Å². The molecule has 0 aliphatic carbocycles. The van der Waals surface area contributed by atoms with Gasteiger partial charge in [0.2, 0.25) is 4.96 Å². The predicted octanol–water partition coefficient (Wildman–Crippen LogP) is 5.77. The number of hydrogen-bond acceptors (Lipinski definition) is 6. The highest BCUT2D eigenvalue weighted by molar-refractivity contribution is 7.15. The van der Waals surface area contributed by atoms with Crippen molar-refractivity contribution < 1.29 is 9.47 Å². The Morgan fingerprint density at radius 2 is 1.85 bits per heavy atom. The second kappa shape index (κ2) is 11.5. The van der Waals surface area contributed by atoms with E-state index in [4.69, 9.17) is 21.1 Å². The molecule has 0 saturated heterocycles. The van der Waals surface area contributed by atoms with Gasteiger partial charge in [-0.1, -0.05) is 80.2 Å². The topological polar surface area (TPSA) is 65.7 Å². The summed E-state index contributed by atoms with van der Waals surface area (Å²) in [5.74, 6) is 1.80. The van der Waals surface area contributed by atoms with Crippen LogP contribution in [-0.2, 0) is 0 Å². The van der Waals surface area contributed by atoms with Crippen LogP contribution in [0.3, 0.4) is 0 Å². The molecule has 0 bridgehead atoms. The largest absolute Gasteiger partial charge is 0.493 e. The van der Waals surface area contributed by atoms with E-state index in [-0.39, 0.29) is 5.56 Å². The van der Waals surface area contributed by atoms with E-state index in [1.807, 2.05) is 42.5 Å². The van der Waals surface area contributed by atoms with Gasteiger partial charge in [-0.25, -0.2) is 0 Å². The molecule has 2 heterocycles. The first-order valence-electron chi connectivity index (χ1n) is 11.6. The van der Waals surface area contributed by atoms with E-state index in [1.165, 1.54) is 48.0 Å². The Kier molecular flexibility index (Phi) is 8.19. The van der Waals surface area contributed by atoms with Gasteiger partial charge >= 0.3 is 0 Å². The number of halogens is 1. The molecule has 0 N–H and O–H groups in total. The molecule has 4 aromatic rings. The van der Waals surface area contributed by atoms with Gasteiger partial charge in [-0.2, -0.15) is 9.50 Å². The molecule has 0 fully saturated rings. The van der Waals surface area contributed by atoms with Gasteiger partial charge in [-0.3, -0.25) is 4.79 Å². The number of nitrogens with zero attached hydrogens (tertiary/aromatic N) is 3. The minimum Gasteiger partial charge on any atom is -0.493 e. The summed E-state index contributed by atoms with van der Waals surface area (Å²) in [5.41, 5.74) is 1.33. The van der Waals surface area contributed by atoms with Crippen LogP contribution in [0.4, 0.5) is 0 Å². The summed E-state index contributed by atoms with van der Waals surface area (Å²) in [4.78, 5) is 17.9. The van der Waals surface area contributed by atoms with Crippen LogP contribution in [0.25, 0.3) is 22.4 Å². The van der Waals surface area contributed by atoms with E-state index in [1.54, 1.807) is 13.2 Å². The third kappa shape index (κ3) is 5.59. The lowest BCUT2D eigenvalue weighted by Gasteiger charge is -2.11. The fraction of sp³-hybridized carbons (Fsp3) is 0.346. The molecular weight excluding hydrogens is 470 g/mol. The molecule has 178 valence electrons. The van der Waals surface area contributed by atoms with Gasteiger partial charge in [0.05, 0.1) is 23.3 Å². The lowest BCUT2D eigenvalue weighted by atomic mass is 10.1. The highest BCUT2D eigenvalue weighted by Gasteiger charge is 2.14. The molecule has 2 aromatic heterocycles. The molecule has 0 atom stereocenters. The van der Waals surface area contributed by atoms with Crippen molar-refractivity contribution in [2.75, 3.05) is 13.7 Å². The Morgan fingerprint density at radius 3 is 2.62 bits per heavy atom. The zero-order valence-corrected chi connectivity index (χ0v) is 21.0. The summed E-state index contributed by atoms with van der Waals surface area (Å²) in [6.07, 6.45) is 9.11. The van der Waals surface area contributed by atoms with Crippen LogP contribution >= 0.6 is 22.9 Å². The molecule has 0 aliphatic heterocycles. The van der Waals surface area contributed by atoms with Crippen molar-refractivity contribution in [3.63, 3.8) is 0 Å². The summed E-state index contributed by atoms with van der Waals surface area (Å²) in [5, 5.41) is 4.92. The summed E-state index contributed by atoms with van der Waals surface area (Å²) in [6, 6.07) is 13.0. The van der Waals surface area contributed by atoms with E-state index < -0.39 is 0 Å². The number of aromatic nitrogens is 3. The van der Waals surface area contributed by atoms with Crippen molar-refractivity contribution in [1.82, 2.24) is 14.6 Å². The van der Waals surface area contributed by atoms with E-state index in [0.717, 1.165) is 12.0 Å². The molecule has 6 nitrogen and oxygen atoms in total. The quantitative estimate of drug-likeness (QED) is 0.246. The Bertz CT molecular complexity index is 1370. The molecular formula is C26H28ClN3O3S. The van der Waals surface area contributed by atoms with Gasteiger partial charge in [-0.05, 0) is 42.3 Å². The first kappa shape index (κ1) is 24.2. The zero-order chi connectivity index (χ0) is 23.9. The van der Waals surface area contributed by atoms with E-state index in [2.05, 4.69) is 17.0 Å². The Morgan fingerprint density at radius 1 is 1.06 bits per heavy atom. The smallest absolute Gasteiger partial charge is 0.291 e. The normalized spacial score (nSPS) is 11.9. The predicted molar refractivity (Wildman–Crippen MR) is 138 cm³/mol. The summed E-state index contributed by atoms with van der Waals surface area (Å²) < 4.78 is 13.3. The molecule has 0 radical (unpaired) electrons. The number of thiazole rings is 1. The summed E-state index contributed by atoms with van der Waals surface area (Å²) in [7, 11) is 1.62. The lowest BCUT2D eigenvalue weighted by Crippen LogP contribution is -2.23. The van der Waals surface area contributed by atoms with E-state index >= 15 is 0 Å². The SMILES string of the molecule is CCCCCCCCOc1ccc(C=c2sc3nc(-c4ccccc4Cl)nn3c2=O)cc1OC. The van der Waals surface area contributed by atoms with Gasteiger partial charge in [0, 0.05) is 5.56 Å². The van der Waals surface area contributed by atoms with Crippen molar-refractivity contribution >= 4 is 34.0 Å². The van der Waals surface area contributed by atoms with Crippen LogP contribution in [-0.4, -0.2) is 28.3 Å². The molecule has 8 heteroatoms. The Balaban J connectivity index is 1.49. The number of unbranched alkanes of at least 4 members (excludes halogenated alkanes) is 5. The van der Waals surface area contributed by atoms with Crippen LogP contribution in [0.5, 0.6) is 11.5 Å². The molecule has 0 unspecified atom stereocenters. The first-order valence-corrected chi connectivity index (χ1v) is 12.8. The number of fused-ring (bicyclic) bond motifs is 1. The van der Waals surface area contributed by atoms with Crippen molar-refractivity contribution in [2.45, 2.75) is 45.4 Å². The number of benzene rings is 2. The highest BCUT2D eigenvalue weighted by Crippen LogP contribution is 2.29. The molecule has 0 spiro atoms. The van der Waals surface area contributed by atoms with Crippen molar-refractivity contribution in [3.05, 3.63) is 67.9 Å². The maximum absolute atomic E-state index is 12.9. The Hall–Kier alpha value is -2.90. The second-order valence-electron chi connectivity index (χ2n) is 8.05. The fourth-order valence-corrected chi connectivity index (χ4v) is 4.83. The van der Waals surface area contributed by atoms with Gasteiger partial charge < -0.3 is 9.47 Å². The number of hydrogen-bond donors (Lipinski definition) is 0. The van der Waals surface area contributed by atoms with Crippen LogP contribution in [0.2, 0.25) is 5.02 Å². The van der Waals surface area contributed by atoms with Crippen LogP contribution in [0, 0.1) is 0 Å². The van der Waals surface area contributed by atoms with Gasteiger partial charge in [0.1, 0.15) is 0 Å². The number of ether oxygens (including phenoxy) is 2. The average Bonchev–Trinajstić information content (AvgIpc) is 3.38. The molecule has 34 heavy (non-hydrogen) atoms. The molecule has 0 saturated carbocycles. The lowest BCUT2D eigenvalue weighted by molar-refractivity contribution is 0.284. The van der Waals surface area contributed by atoms with Crippen molar-refractivity contribution in [2.24, 2.45) is 0 Å². The monoisotopic (exact) mass is 497 g/mol. The highest BCUT2D eigenvalue weighted by atomic mass is 35.5. The zero-order valence-electron chi connectivity index (χ0n) is 19.4. The number of methoxy groups -OCH3 is 1. The van der Waals surface area contributed by atoms with Gasteiger partial charge in [0.25, 0.3) is 5.56 Å². The third-order valence-electron chi connectivity index (χ3n) is 5.54. The maximum atomic E-state index is 12.9. The van der Waals surface area contributed by atoms with Crippen LogP contribution < -0.4 is 19.6 Å². The van der Waals surface area contributed by atoms with E-state index in [0.29, 0.717) is 44.0 Å². The molecule has 0 amide bonds. The first-order chi connectivity index (χ1) is 16.6. The van der Waals surface area contributed by atoms with E-state index in [9.17, 15) is 4.79 Å². The number of rotatable bonds is 11. The average molecular weight is 498 g/mol. The summed E-state index contributed by atoms with van der Waals surface area (Å²) in [6.45, 7) is 2.89. The van der Waals surface area contributed by atoms with Crippen molar-refractivity contribution in [3.8, 4) is 22.9 Å². The Labute approximate surface area is 207 Å². The van der Waals surface area contributed by atoms with Gasteiger partial charge in [-0.15, -0.1) is 5.10 Å². The van der Waals surface area contributed by atoms with Crippen LogP contribution in [0.1, 0.15) is 51.0 Å². The standard InChI is InChI=1S/C26H28ClN3O3S/c1-3-4-5-6-7-10-15-33-21-14-13-18(16-22(21)32-2)17-23-25(31)30-26(34-23)28-24(29-30)19-11-8-9-12-20(19)27/h8-9,11-14,16-17H,3-7,10,15H2,1-2H3. The summed E-state index contributed by atoms with van der Waals surface area (Å²) >= 11 is 7.54. The minimum absolute atomic E-state index is 0.215. The second-order valence-corrected chi connectivity index (χ2v) is 9.47. The maximum Gasteiger partial charge on any atom is 0.291 e. The van der Waals surface area contributed by atoms with Crippen LogP contribution in [0.15, 0.2) is 47.3 Å². The van der Waals surface area contributed by atoms with Crippen molar-refractivity contribution in [1.29, 1.82) is 0 Å². The fourth-order valence-electron chi connectivity index (χ4n) is 3.70. The minimum atomic E-state index is -0.215. The molecule has 4 rings (SSSR count). The molecule has 2 aromatic carbocycles.